The molecule has 0 aromatic carbocycles. The van der Waals surface area contributed by atoms with Crippen LogP contribution in [0.2, 0.25) is 0 Å². The molecule has 0 bridgehead atoms. The Morgan fingerprint density at radius 1 is 1.18 bits per heavy atom. The number of carbonyl (C=O) groups excluding carboxylic acids is 2. The molecule has 7 nitrogen and oxygen atoms in total. The largest absolute Gasteiger partial charge is 0.463 e. The smallest absolute Gasteiger partial charge is 0.331 e. The summed E-state index contributed by atoms with van der Waals surface area (Å²) in [5.41, 5.74) is 0. The Morgan fingerprint density at radius 2 is 1.71 bits per heavy atom. The molecule has 0 spiro atoms. The van der Waals surface area contributed by atoms with Gasteiger partial charge in [0, 0.05) is 18.7 Å². The number of ether oxygens (including phenoxy) is 2. The molecule has 1 N–H and O–H groups in total. The average molecular weight is 265 g/mol. The standard InChI is InChI=1S/C9H15NO6S/c1-3-15-8(11)4-5-9(12)16-7-6-10-17(2,13)14/h4-5,10H,3,6-7H2,1-2H3. The molecule has 0 aliphatic rings. The topological polar surface area (TPSA) is 98.8 Å². The summed E-state index contributed by atoms with van der Waals surface area (Å²) in [6.07, 6.45) is 2.85. The molecule has 0 saturated heterocycles. The van der Waals surface area contributed by atoms with Gasteiger partial charge in [-0.3, -0.25) is 0 Å². The number of hydrogen-bond donors (Lipinski definition) is 1. The molecule has 0 fully saturated rings. The predicted molar refractivity (Wildman–Crippen MR) is 59.6 cm³/mol. The molecule has 0 aliphatic carbocycles. The molecule has 0 saturated carbocycles. The fourth-order valence-corrected chi connectivity index (χ4v) is 1.21. The van der Waals surface area contributed by atoms with E-state index < -0.39 is 22.0 Å². The second-order valence-electron chi connectivity index (χ2n) is 2.92. The van der Waals surface area contributed by atoms with Gasteiger partial charge in [0.1, 0.15) is 6.61 Å². The van der Waals surface area contributed by atoms with Crippen molar-refractivity contribution in [2.75, 3.05) is 26.0 Å². The van der Waals surface area contributed by atoms with Gasteiger partial charge in [0.05, 0.1) is 12.9 Å². The van der Waals surface area contributed by atoms with E-state index >= 15 is 0 Å². The summed E-state index contributed by atoms with van der Waals surface area (Å²) in [5, 5.41) is 0. The third-order valence-electron chi connectivity index (χ3n) is 1.35. The highest BCUT2D eigenvalue weighted by Crippen LogP contribution is 1.85. The van der Waals surface area contributed by atoms with Gasteiger partial charge < -0.3 is 9.47 Å². The highest BCUT2D eigenvalue weighted by Gasteiger charge is 2.02. The maximum atomic E-state index is 11.0. The van der Waals surface area contributed by atoms with Crippen LogP contribution < -0.4 is 4.72 Å². The fraction of sp³-hybridized carbons (Fsp3) is 0.556. The SMILES string of the molecule is CCOC(=O)C=CC(=O)OCCNS(C)(=O)=O. The Kier molecular flexibility index (Phi) is 7.15. The van der Waals surface area contributed by atoms with E-state index in [0.717, 1.165) is 18.4 Å². The van der Waals surface area contributed by atoms with E-state index in [1.165, 1.54) is 0 Å². The number of esters is 2. The van der Waals surface area contributed by atoms with Crippen LogP contribution in [0.4, 0.5) is 0 Å². The highest BCUT2D eigenvalue weighted by molar-refractivity contribution is 7.88. The van der Waals surface area contributed by atoms with Crippen molar-refractivity contribution in [3.05, 3.63) is 12.2 Å². The number of sulfonamides is 1. The van der Waals surface area contributed by atoms with Crippen LogP contribution >= 0.6 is 0 Å². The summed E-state index contributed by atoms with van der Waals surface area (Å²) in [5.74, 6) is -1.38. The van der Waals surface area contributed by atoms with Gasteiger partial charge in [-0.05, 0) is 6.92 Å². The lowest BCUT2D eigenvalue weighted by molar-refractivity contribution is -0.140. The lowest BCUT2D eigenvalue weighted by atomic mass is 10.5. The van der Waals surface area contributed by atoms with Crippen LogP contribution in [0.15, 0.2) is 12.2 Å². The zero-order chi connectivity index (χ0) is 13.3. The summed E-state index contributed by atoms with van der Waals surface area (Å²) in [6, 6.07) is 0. The molecular weight excluding hydrogens is 250 g/mol. The summed E-state index contributed by atoms with van der Waals surface area (Å²) >= 11 is 0. The maximum Gasteiger partial charge on any atom is 0.331 e. The lowest BCUT2D eigenvalue weighted by Gasteiger charge is -2.02. The van der Waals surface area contributed by atoms with Gasteiger partial charge in [-0.25, -0.2) is 22.7 Å². The number of rotatable bonds is 7. The van der Waals surface area contributed by atoms with E-state index in [9.17, 15) is 18.0 Å². The van der Waals surface area contributed by atoms with E-state index in [2.05, 4.69) is 14.2 Å². The first kappa shape index (κ1) is 15.6. The molecule has 98 valence electrons. The molecule has 17 heavy (non-hydrogen) atoms. The maximum absolute atomic E-state index is 11.0. The molecule has 0 heterocycles. The van der Waals surface area contributed by atoms with Crippen molar-refractivity contribution >= 4 is 22.0 Å². The summed E-state index contributed by atoms with van der Waals surface area (Å²) in [4.78, 5) is 21.8. The lowest BCUT2D eigenvalue weighted by Crippen LogP contribution is -2.26. The Bertz CT molecular complexity index is 386. The first-order chi connectivity index (χ1) is 7.85. The van der Waals surface area contributed by atoms with Crippen LogP contribution in [0.3, 0.4) is 0 Å². The minimum atomic E-state index is -3.29. The van der Waals surface area contributed by atoms with Crippen LogP contribution in [0.25, 0.3) is 0 Å². The fourth-order valence-electron chi connectivity index (χ4n) is 0.753. The highest BCUT2D eigenvalue weighted by atomic mass is 32.2. The zero-order valence-electron chi connectivity index (χ0n) is 9.63. The first-order valence-electron chi connectivity index (χ1n) is 4.81. The second-order valence-corrected chi connectivity index (χ2v) is 4.75. The predicted octanol–water partition coefficient (Wildman–Crippen LogP) is -0.802. The number of carbonyl (C=O) groups is 2. The normalized spacial score (nSPS) is 11.4. The van der Waals surface area contributed by atoms with Crippen molar-refractivity contribution in [1.29, 1.82) is 0 Å². The van der Waals surface area contributed by atoms with Crippen molar-refractivity contribution in [3.8, 4) is 0 Å². The van der Waals surface area contributed by atoms with Crippen molar-refractivity contribution in [3.63, 3.8) is 0 Å². The van der Waals surface area contributed by atoms with Gasteiger partial charge in [-0.15, -0.1) is 0 Å². The van der Waals surface area contributed by atoms with Crippen LogP contribution in [-0.4, -0.2) is 46.4 Å². The molecule has 0 aromatic rings. The van der Waals surface area contributed by atoms with Crippen molar-refractivity contribution in [2.45, 2.75) is 6.92 Å². The minimum Gasteiger partial charge on any atom is -0.463 e. The van der Waals surface area contributed by atoms with Crippen LogP contribution in [-0.2, 0) is 29.1 Å². The third kappa shape index (κ3) is 10.9. The quantitative estimate of drug-likeness (QED) is 0.367. The van der Waals surface area contributed by atoms with E-state index in [4.69, 9.17) is 0 Å². The summed E-state index contributed by atoms with van der Waals surface area (Å²) in [6.45, 7) is 1.73. The Hall–Kier alpha value is -1.41. The van der Waals surface area contributed by atoms with Gasteiger partial charge in [0.2, 0.25) is 10.0 Å². The molecule has 0 rings (SSSR count). The van der Waals surface area contributed by atoms with Crippen LogP contribution in [0, 0.1) is 0 Å². The molecular formula is C9H15NO6S. The van der Waals surface area contributed by atoms with E-state index in [-0.39, 0.29) is 19.8 Å². The van der Waals surface area contributed by atoms with E-state index in [0.29, 0.717) is 0 Å². The Balaban J connectivity index is 3.77. The molecule has 0 unspecified atom stereocenters. The molecule has 0 aliphatic heterocycles. The van der Waals surface area contributed by atoms with Gasteiger partial charge in [0.25, 0.3) is 0 Å². The molecule has 0 amide bonds. The van der Waals surface area contributed by atoms with Gasteiger partial charge in [0.15, 0.2) is 0 Å². The zero-order valence-corrected chi connectivity index (χ0v) is 10.5. The molecule has 0 atom stereocenters. The minimum absolute atomic E-state index is 0.0161. The van der Waals surface area contributed by atoms with E-state index in [1.54, 1.807) is 6.92 Å². The average Bonchev–Trinajstić information content (AvgIpc) is 2.21. The monoisotopic (exact) mass is 265 g/mol. The summed E-state index contributed by atoms with van der Waals surface area (Å²) < 4.78 is 32.6. The molecule has 0 aromatic heterocycles. The summed E-state index contributed by atoms with van der Waals surface area (Å²) in [7, 11) is -3.29. The van der Waals surface area contributed by atoms with Gasteiger partial charge >= 0.3 is 11.9 Å². The van der Waals surface area contributed by atoms with Crippen molar-refractivity contribution in [1.82, 2.24) is 4.72 Å². The molecule has 0 radical (unpaired) electrons. The third-order valence-corrected chi connectivity index (χ3v) is 2.08. The van der Waals surface area contributed by atoms with Gasteiger partial charge in [-0.2, -0.15) is 0 Å². The second kappa shape index (κ2) is 7.80. The van der Waals surface area contributed by atoms with Gasteiger partial charge in [-0.1, -0.05) is 0 Å². The van der Waals surface area contributed by atoms with Crippen LogP contribution in [0.5, 0.6) is 0 Å². The van der Waals surface area contributed by atoms with Crippen LogP contribution in [0.1, 0.15) is 6.92 Å². The van der Waals surface area contributed by atoms with Crippen molar-refractivity contribution in [2.24, 2.45) is 0 Å². The first-order valence-corrected chi connectivity index (χ1v) is 6.70. The Morgan fingerprint density at radius 3 is 2.18 bits per heavy atom. The Labute approximate surface area is 99.8 Å². The van der Waals surface area contributed by atoms with E-state index in [1.807, 2.05) is 0 Å². The molecule has 8 heteroatoms. The number of nitrogens with one attached hydrogen (secondary N) is 1. The number of hydrogen-bond acceptors (Lipinski definition) is 6. The van der Waals surface area contributed by atoms with Crippen molar-refractivity contribution < 1.29 is 27.5 Å².